The number of para-hydroxylation sites is 1. The molecule has 1 aromatic rings. The number of rotatable bonds is 9. The van der Waals surface area contributed by atoms with Crippen molar-refractivity contribution < 1.29 is 14.4 Å². The molecule has 162 valence electrons. The molecule has 0 bridgehead atoms. The van der Waals surface area contributed by atoms with E-state index in [0.717, 1.165) is 18.7 Å². The number of fused-ring (bicyclic) bond motifs is 1. The number of imide groups is 1. The predicted octanol–water partition coefficient (Wildman–Crippen LogP) is 3.00. The standard InChI is InChI=1S/C24H33N3O3/c1-17(2)16-21(27-23(29)19-12-7-8-13-20(19)24(27)30)22(28)25-14-9-15-26(3)18-10-5-4-6-11-18/h4-8,10-11,17,19-21H,9,12-16H2,1-3H3,(H,25,28)/t19-,20-,21+/m0/s1. The second kappa shape index (κ2) is 9.92. The van der Waals surface area contributed by atoms with Gasteiger partial charge in [-0.1, -0.05) is 44.2 Å². The molecule has 0 radical (unpaired) electrons. The number of anilines is 1. The van der Waals surface area contributed by atoms with Crippen molar-refractivity contribution >= 4 is 23.4 Å². The fraction of sp³-hybridized carbons (Fsp3) is 0.542. The lowest BCUT2D eigenvalue weighted by atomic mass is 9.85. The number of carbonyl (C=O) groups is 3. The third kappa shape index (κ3) is 4.91. The summed E-state index contributed by atoms with van der Waals surface area (Å²) < 4.78 is 0. The smallest absolute Gasteiger partial charge is 0.243 e. The Kier molecular flexibility index (Phi) is 7.29. The summed E-state index contributed by atoms with van der Waals surface area (Å²) in [7, 11) is 2.02. The van der Waals surface area contributed by atoms with E-state index in [1.165, 1.54) is 4.90 Å². The first-order valence-corrected chi connectivity index (χ1v) is 11.0. The molecule has 1 heterocycles. The SMILES string of the molecule is CC(C)C[C@H](C(=O)NCCCN(C)c1ccccc1)N1C(=O)[C@H]2CC=CC[C@@H]2C1=O. The Balaban J connectivity index is 1.58. The second-order valence-electron chi connectivity index (χ2n) is 8.75. The summed E-state index contributed by atoms with van der Waals surface area (Å²) in [6.07, 6.45) is 6.39. The topological polar surface area (TPSA) is 69.7 Å². The van der Waals surface area contributed by atoms with Crippen molar-refractivity contribution in [2.45, 2.75) is 45.6 Å². The van der Waals surface area contributed by atoms with Crippen LogP contribution in [0.1, 0.15) is 39.5 Å². The Morgan fingerprint density at radius 3 is 2.27 bits per heavy atom. The molecule has 1 aliphatic carbocycles. The van der Waals surface area contributed by atoms with Crippen molar-refractivity contribution in [3.63, 3.8) is 0 Å². The van der Waals surface area contributed by atoms with Crippen LogP contribution in [0.25, 0.3) is 0 Å². The van der Waals surface area contributed by atoms with Crippen LogP contribution in [-0.4, -0.2) is 48.8 Å². The Bertz CT molecular complexity index is 764. The van der Waals surface area contributed by atoms with Gasteiger partial charge in [0.2, 0.25) is 17.7 Å². The normalized spacial score (nSPS) is 21.7. The number of amides is 3. The summed E-state index contributed by atoms with van der Waals surface area (Å²) in [5.74, 6) is -0.988. The van der Waals surface area contributed by atoms with Crippen LogP contribution in [0.2, 0.25) is 0 Å². The van der Waals surface area contributed by atoms with E-state index in [4.69, 9.17) is 0 Å². The average Bonchev–Trinajstić information content (AvgIpc) is 3.00. The van der Waals surface area contributed by atoms with Crippen molar-refractivity contribution in [1.82, 2.24) is 10.2 Å². The number of hydrogen-bond acceptors (Lipinski definition) is 4. The lowest BCUT2D eigenvalue weighted by Crippen LogP contribution is -2.51. The van der Waals surface area contributed by atoms with Gasteiger partial charge in [0.1, 0.15) is 6.04 Å². The minimum Gasteiger partial charge on any atom is -0.375 e. The number of nitrogens with one attached hydrogen (secondary N) is 1. The summed E-state index contributed by atoms with van der Waals surface area (Å²) in [5.41, 5.74) is 1.13. The maximum atomic E-state index is 13.0. The first-order valence-electron chi connectivity index (χ1n) is 11.0. The van der Waals surface area contributed by atoms with Crippen molar-refractivity contribution in [2.24, 2.45) is 17.8 Å². The molecule has 30 heavy (non-hydrogen) atoms. The zero-order valence-electron chi connectivity index (χ0n) is 18.2. The van der Waals surface area contributed by atoms with E-state index in [-0.39, 0.29) is 35.5 Å². The molecule has 1 aromatic carbocycles. The Morgan fingerprint density at radius 2 is 1.70 bits per heavy atom. The lowest BCUT2D eigenvalue weighted by Gasteiger charge is -2.27. The summed E-state index contributed by atoms with van der Waals surface area (Å²) in [4.78, 5) is 42.3. The van der Waals surface area contributed by atoms with E-state index in [9.17, 15) is 14.4 Å². The number of benzene rings is 1. The minimum absolute atomic E-state index is 0.182. The van der Waals surface area contributed by atoms with Gasteiger partial charge in [0.15, 0.2) is 0 Å². The quantitative estimate of drug-likeness (QED) is 0.385. The van der Waals surface area contributed by atoms with Gasteiger partial charge in [-0.15, -0.1) is 0 Å². The molecule has 1 saturated heterocycles. The molecule has 1 N–H and O–H groups in total. The van der Waals surface area contributed by atoms with Crippen LogP contribution in [-0.2, 0) is 14.4 Å². The van der Waals surface area contributed by atoms with Crippen LogP contribution in [0, 0.1) is 17.8 Å². The van der Waals surface area contributed by atoms with E-state index in [2.05, 4.69) is 22.3 Å². The molecule has 0 saturated carbocycles. The van der Waals surface area contributed by atoms with Crippen LogP contribution in [0.4, 0.5) is 5.69 Å². The van der Waals surface area contributed by atoms with Gasteiger partial charge in [0.25, 0.3) is 0 Å². The molecule has 3 rings (SSSR count). The highest BCUT2D eigenvalue weighted by Gasteiger charge is 2.51. The third-order valence-electron chi connectivity index (χ3n) is 6.02. The van der Waals surface area contributed by atoms with Gasteiger partial charge in [0, 0.05) is 25.8 Å². The van der Waals surface area contributed by atoms with Crippen LogP contribution in [0.15, 0.2) is 42.5 Å². The minimum atomic E-state index is -0.720. The molecule has 1 aliphatic heterocycles. The molecule has 3 amide bonds. The van der Waals surface area contributed by atoms with Gasteiger partial charge < -0.3 is 10.2 Å². The molecular weight excluding hydrogens is 378 g/mol. The van der Waals surface area contributed by atoms with Gasteiger partial charge in [-0.2, -0.15) is 0 Å². The molecule has 2 aliphatic rings. The summed E-state index contributed by atoms with van der Waals surface area (Å²) in [5, 5.41) is 2.97. The fourth-order valence-corrected chi connectivity index (χ4v) is 4.37. The number of nitrogens with zero attached hydrogens (tertiary/aromatic N) is 2. The maximum Gasteiger partial charge on any atom is 0.243 e. The van der Waals surface area contributed by atoms with Crippen molar-refractivity contribution in [3.8, 4) is 0 Å². The van der Waals surface area contributed by atoms with Gasteiger partial charge in [-0.05, 0) is 43.7 Å². The van der Waals surface area contributed by atoms with E-state index in [1.54, 1.807) is 0 Å². The highest BCUT2D eigenvalue weighted by molar-refractivity contribution is 6.08. The molecule has 3 atom stereocenters. The van der Waals surface area contributed by atoms with Gasteiger partial charge in [-0.3, -0.25) is 19.3 Å². The average molecular weight is 412 g/mol. The monoisotopic (exact) mass is 411 g/mol. The maximum absolute atomic E-state index is 13.0. The highest BCUT2D eigenvalue weighted by atomic mass is 16.2. The summed E-state index contributed by atoms with van der Waals surface area (Å²) >= 11 is 0. The van der Waals surface area contributed by atoms with E-state index >= 15 is 0 Å². The Morgan fingerprint density at radius 1 is 1.10 bits per heavy atom. The number of hydrogen-bond donors (Lipinski definition) is 1. The molecular formula is C24H33N3O3. The Labute approximate surface area is 179 Å². The first kappa shape index (κ1) is 22.1. The van der Waals surface area contributed by atoms with Gasteiger partial charge >= 0.3 is 0 Å². The fourth-order valence-electron chi connectivity index (χ4n) is 4.37. The summed E-state index contributed by atoms with van der Waals surface area (Å²) in [6, 6.07) is 9.37. The molecule has 6 heteroatoms. The molecule has 1 fully saturated rings. The van der Waals surface area contributed by atoms with Crippen molar-refractivity contribution in [1.29, 1.82) is 0 Å². The largest absolute Gasteiger partial charge is 0.375 e. The van der Waals surface area contributed by atoms with Crippen molar-refractivity contribution in [3.05, 3.63) is 42.5 Å². The molecule has 0 spiro atoms. The van der Waals surface area contributed by atoms with E-state index < -0.39 is 6.04 Å². The third-order valence-corrected chi connectivity index (χ3v) is 6.02. The second-order valence-corrected chi connectivity index (χ2v) is 8.75. The Hall–Kier alpha value is -2.63. The van der Waals surface area contributed by atoms with Crippen molar-refractivity contribution in [2.75, 3.05) is 25.0 Å². The molecule has 0 unspecified atom stereocenters. The van der Waals surface area contributed by atoms with Gasteiger partial charge in [-0.25, -0.2) is 0 Å². The predicted molar refractivity (Wildman–Crippen MR) is 118 cm³/mol. The van der Waals surface area contributed by atoms with Crippen LogP contribution >= 0.6 is 0 Å². The highest BCUT2D eigenvalue weighted by Crippen LogP contribution is 2.37. The summed E-state index contributed by atoms with van der Waals surface area (Å²) in [6.45, 7) is 5.33. The number of carbonyl (C=O) groups excluding carboxylic acids is 3. The van der Waals surface area contributed by atoms with E-state index in [1.807, 2.05) is 51.2 Å². The number of allylic oxidation sites excluding steroid dienone is 2. The zero-order chi connectivity index (χ0) is 21.7. The van der Waals surface area contributed by atoms with Crippen LogP contribution in [0.5, 0.6) is 0 Å². The zero-order valence-corrected chi connectivity index (χ0v) is 18.2. The van der Waals surface area contributed by atoms with Gasteiger partial charge in [0.05, 0.1) is 11.8 Å². The molecule has 0 aromatic heterocycles. The molecule has 6 nitrogen and oxygen atoms in total. The van der Waals surface area contributed by atoms with E-state index in [0.29, 0.717) is 25.8 Å². The lowest BCUT2D eigenvalue weighted by molar-refractivity contribution is -0.148. The van der Waals surface area contributed by atoms with Crippen LogP contribution < -0.4 is 10.2 Å². The number of likely N-dealkylation sites (tertiary alicyclic amines) is 1. The first-order chi connectivity index (χ1) is 14.4. The van der Waals surface area contributed by atoms with Crippen LogP contribution in [0.3, 0.4) is 0 Å².